The number of methoxy groups -OCH3 is 1. The third kappa shape index (κ3) is 4.19. The Kier molecular flexibility index (Phi) is 6.04. The Hall–Kier alpha value is -3.53. The van der Waals surface area contributed by atoms with E-state index >= 15 is 0 Å². The van der Waals surface area contributed by atoms with Gasteiger partial charge in [0, 0.05) is 36.9 Å². The zero-order valence-electron chi connectivity index (χ0n) is 19.5. The molecular weight excluding hydrogens is 498 g/mol. The first-order valence-corrected chi connectivity index (χ1v) is 12.8. The van der Waals surface area contributed by atoms with E-state index in [0.29, 0.717) is 21.6 Å². The molecule has 2 aromatic carbocycles. The molecule has 1 atom stereocenters. The van der Waals surface area contributed by atoms with Gasteiger partial charge in [-0.2, -0.15) is 9.50 Å². The summed E-state index contributed by atoms with van der Waals surface area (Å²) in [6.45, 7) is 3.37. The molecule has 36 heavy (non-hydrogen) atoms. The van der Waals surface area contributed by atoms with Crippen LogP contribution in [0.3, 0.4) is 0 Å². The maximum atomic E-state index is 11.3. The SMILES string of the molecule is COc1ccc(N2CCN(C(c3ccc(Cl)cc3)c3sc4nc(-c5ccco5)nn4c3O)CC2)cc1. The van der Waals surface area contributed by atoms with Crippen LogP contribution in [0.1, 0.15) is 16.5 Å². The van der Waals surface area contributed by atoms with E-state index < -0.39 is 0 Å². The minimum Gasteiger partial charge on any atom is -0.497 e. The molecule has 1 unspecified atom stereocenters. The zero-order valence-corrected chi connectivity index (χ0v) is 21.1. The normalized spacial score (nSPS) is 15.4. The highest BCUT2D eigenvalue weighted by atomic mass is 35.5. The molecule has 0 spiro atoms. The number of ether oxygens (including phenoxy) is 1. The summed E-state index contributed by atoms with van der Waals surface area (Å²) in [6.07, 6.45) is 1.58. The van der Waals surface area contributed by atoms with Gasteiger partial charge in [0.2, 0.25) is 16.7 Å². The number of benzene rings is 2. The van der Waals surface area contributed by atoms with E-state index in [1.165, 1.54) is 21.5 Å². The maximum absolute atomic E-state index is 11.3. The minimum absolute atomic E-state index is 0.0952. The van der Waals surface area contributed by atoms with Crippen LogP contribution in [-0.2, 0) is 0 Å². The Morgan fingerprint density at radius 2 is 1.78 bits per heavy atom. The number of thiazole rings is 1. The summed E-state index contributed by atoms with van der Waals surface area (Å²) in [5.74, 6) is 1.96. The molecule has 0 bridgehead atoms. The van der Waals surface area contributed by atoms with Gasteiger partial charge in [0.05, 0.1) is 24.3 Å². The van der Waals surface area contributed by atoms with Crippen molar-refractivity contribution < 1.29 is 14.3 Å². The van der Waals surface area contributed by atoms with Crippen LogP contribution < -0.4 is 9.64 Å². The number of hydrogen-bond acceptors (Lipinski definition) is 8. The highest BCUT2D eigenvalue weighted by molar-refractivity contribution is 7.17. The molecule has 4 heterocycles. The monoisotopic (exact) mass is 521 g/mol. The molecule has 0 amide bonds. The van der Waals surface area contributed by atoms with Gasteiger partial charge in [-0.25, -0.2) is 0 Å². The first kappa shape index (κ1) is 22.9. The molecule has 1 saturated heterocycles. The van der Waals surface area contributed by atoms with Crippen LogP contribution in [0, 0.1) is 0 Å². The highest BCUT2D eigenvalue weighted by Gasteiger charge is 2.32. The third-order valence-corrected chi connectivity index (χ3v) is 7.82. The van der Waals surface area contributed by atoms with E-state index in [0.717, 1.165) is 42.4 Å². The van der Waals surface area contributed by atoms with E-state index in [1.807, 2.05) is 36.4 Å². The first-order valence-electron chi connectivity index (χ1n) is 11.6. The fourth-order valence-corrected chi connectivity index (χ4v) is 5.89. The lowest BCUT2D eigenvalue weighted by atomic mass is 10.0. The molecule has 5 aromatic rings. The third-order valence-electron chi connectivity index (χ3n) is 6.49. The molecule has 1 aliphatic rings. The molecular formula is C26H24ClN5O3S. The van der Waals surface area contributed by atoms with Crippen LogP contribution in [0.2, 0.25) is 5.02 Å². The van der Waals surface area contributed by atoms with Gasteiger partial charge < -0.3 is 19.2 Å². The van der Waals surface area contributed by atoms with Gasteiger partial charge in [-0.3, -0.25) is 4.90 Å². The van der Waals surface area contributed by atoms with Gasteiger partial charge >= 0.3 is 0 Å². The van der Waals surface area contributed by atoms with E-state index in [4.69, 9.17) is 20.8 Å². The van der Waals surface area contributed by atoms with E-state index in [9.17, 15) is 5.11 Å². The fraction of sp³-hybridized carbons (Fsp3) is 0.231. The predicted octanol–water partition coefficient (Wildman–Crippen LogP) is 5.33. The highest BCUT2D eigenvalue weighted by Crippen LogP contribution is 2.41. The van der Waals surface area contributed by atoms with Crippen molar-refractivity contribution in [3.63, 3.8) is 0 Å². The Morgan fingerprint density at radius 1 is 1.03 bits per heavy atom. The fourth-order valence-electron chi connectivity index (χ4n) is 4.64. The number of hydrogen-bond donors (Lipinski definition) is 1. The van der Waals surface area contributed by atoms with Crippen molar-refractivity contribution in [2.24, 2.45) is 0 Å². The Balaban J connectivity index is 1.31. The number of nitrogens with zero attached hydrogens (tertiary/aromatic N) is 5. The summed E-state index contributed by atoms with van der Waals surface area (Å²) in [7, 11) is 1.68. The number of aromatic hydroxyl groups is 1. The summed E-state index contributed by atoms with van der Waals surface area (Å²) >= 11 is 7.63. The van der Waals surface area contributed by atoms with Crippen LogP contribution in [0.25, 0.3) is 16.5 Å². The standard InChI is InChI=1S/C26H24ClN5O3S/c1-34-20-10-8-19(9-11-20)30-12-14-31(15-13-30)22(17-4-6-18(27)7-5-17)23-25(33)32-26(36-23)28-24(29-32)21-3-2-16-35-21/h2-11,16,22,33H,12-15H2,1H3. The molecule has 0 aliphatic carbocycles. The lowest BCUT2D eigenvalue weighted by molar-refractivity contribution is 0.211. The molecule has 0 radical (unpaired) electrons. The summed E-state index contributed by atoms with van der Waals surface area (Å²) < 4.78 is 12.2. The summed E-state index contributed by atoms with van der Waals surface area (Å²) in [5.41, 5.74) is 2.23. The van der Waals surface area contributed by atoms with E-state index in [2.05, 4.69) is 32.0 Å². The average Bonchev–Trinajstić information content (AvgIpc) is 3.65. The Bertz CT molecular complexity index is 1460. The van der Waals surface area contributed by atoms with Crippen molar-refractivity contribution in [2.75, 3.05) is 38.2 Å². The second-order valence-electron chi connectivity index (χ2n) is 8.57. The molecule has 8 nitrogen and oxygen atoms in total. The first-order chi connectivity index (χ1) is 17.6. The topological polar surface area (TPSA) is 79.3 Å². The summed E-state index contributed by atoms with van der Waals surface area (Å²) in [4.78, 5) is 10.8. The van der Waals surface area contributed by atoms with Crippen molar-refractivity contribution in [3.8, 4) is 23.2 Å². The second kappa shape index (κ2) is 9.50. The van der Waals surface area contributed by atoms with Crippen molar-refractivity contribution in [3.05, 3.63) is 82.4 Å². The van der Waals surface area contributed by atoms with E-state index in [1.54, 1.807) is 25.5 Å². The van der Waals surface area contributed by atoms with Crippen molar-refractivity contribution in [1.29, 1.82) is 0 Å². The average molecular weight is 522 g/mol. The van der Waals surface area contributed by atoms with Gasteiger partial charge in [0.25, 0.3) is 0 Å². The van der Waals surface area contributed by atoms with Crippen LogP contribution in [0.4, 0.5) is 5.69 Å². The minimum atomic E-state index is -0.152. The molecule has 1 fully saturated rings. The van der Waals surface area contributed by atoms with Crippen LogP contribution in [0.5, 0.6) is 11.6 Å². The number of piperazine rings is 1. The number of furan rings is 1. The zero-order chi connectivity index (χ0) is 24.6. The van der Waals surface area contributed by atoms with Gasteiger partial charge in [-0.15, -0.1) is 5.10 Å². The quantitative estimate of drug-likeness (QED) is 0.323. The Morgan fingerprint density at radius 3 is 2.42 bits per heavy atom. The van der Waals surface area contributed by atoms with Crippen molar-refractivity contribution in [2.45, 2.75) is 6.04 Å². The van der Waals surface area contributed by atoms with Crippen LogP contribution >= 0.6 is 22.9 Å². The Labute approximate surface area is 216 Å². The maximum Gasteiger partial charge on any atom is 0.230 e. The van der Waals surface area contributed by atoms with Gasteiger partial charge in [0.1, 0.15) is 5.75 Å². The molecule has 1 N–H and O–H groups in total. The van der Waals surface area contributed by atoms with Gasteiger partial charge in [-0.1, -0.05) is 35.1 Å². The smallest absolute Gasteiger partial charge is 0.230 e. The molecule has 3 aromatic heterocycles. The number of anilines is 1. The predicted molar refractivity (Wildman–Crippen MR) is 140 cm³/mol. The largest absolute Gasteiger partial charge is 0.497 e. The van der Waals surface area contributed by atoms with Gasteiger partial charge in [-0.05, 0) is 54.1 Å². The number of aromatic nitrogens is 3. The molecule has 184 valence electrons. The van der Waals surface area contributed by atoms with Crippen LogP contribution in [0.15, 0.2) is 71.3 Å². The van der Waals surface area contributed by atoms with Gasteiger partial charge in [0.15, 0.2) is 5.76 Å². The lowest BCUT2D eigenvalue weighted by Crippen LogP contribution is -2.47. The molecule has 1 aliphatic heterocycles. The number of rotatable bonds is 6. The van der Waals surface area contributed by atoms with Crippen LogP contribution in [-0.4, -0.2) is 57.9 Å². The molecule has 0 saturated carbocycles. The number of fused-ring (bicyclic) bond motifs is 1. The van der Waals surface area contributed by atoms with Crippen molar-refractivity contribution >= 4 is 33.6 Å². The lowest BCUT2D eigenvalue weighted by Gasteiger charge is -2.40. The second-order valence-corrected chi connectivity index (χ2v) is 10.0. The summed E-state index contributed by atoms with van der Waals surface area (Å²) in [5, 5.41) is 16.4. The number of halogens is 1. The van der Waals surface area contributed by atoms with Crippen molar-refractivity contribution in [1.82, 2.24) is 19.5 Å². The summed E-state index contributed by atoms with van der Waals surface area (Å²) in [6, 6.07) is 19.4. The van der Waals surface area contributed by atoms with E-state index in [-0.39, 0.29) is 11.9 Å². The molecule has 10 heteroatoms. The molecule has 6 rings (SSSR count).